The maximum Gasteiger partial charge on any atom is 0.337 e. The Morgan fingerprint density at radius 2 is 2.23 bits per heavy atom. The molecule has 1 aromatic carbocycles. The molecule has 2 heterocycles. The van der Waals surface area contributed by atoms with E-state index in [1.807, 2.05) is 0 Å². The van der Waals surface area contributed by atoms with E-state index < -0.39 is 5.97 Å². The number of hydrogen-bond donors (Lipinski definition) is 1. The summed E-state index contributed by atoms with van der Waals surface area (Å²) < 4.78 is 15.7. The average molecular weight is 382 g/mol. The van der Waals surface area contributed by atoms with Crippen molar-refractivity contribution in [2.24, 2.45) is 5.92 Å². The standard InChI is InChI=1S/C18H23N3O4.ClH/c1-23-18(22)14-5-2-6-15(11-14)24-12-16-20-17(25-21-16)10-13-4-3-8-19-9-7-13;/h2,5-6,11,13,19H,3-4,7-10,12H2,1H3;1H. The molecule has 1 fully saturated rings. The summed E-state index contributed by atoms with van der Waals surface area (Å²) in [4.78, 5) is 15.9. The molecule has 26 heavy (non-hydrogen) atoms. The fourth-order valence-electron chi connectivity index (χ4n) is 2.95. The molecule has 7 nitrogen and oxygen atoms in total. The van der Waals surface area contributed by atoms with Crippen molar-refractivity contribution in [2.45, 2.75) is 32.3 Å². The first-order valence-electron chi connectivity index (χ1n) is 8.58. The lowest BCUT2D eigenvalue weighted by Gasteiger charge is -2.09. The zero-order valence-corrected chi connectivity index (χ0v) is 15.6. The van der Waals surface area contributed by atoms with Crippen LogP contribution in [0.15, 0.2) is 28.8 Å². The second kappa shape index (κ2) is 10.1. The highest BCUT2D eigenvalue weighted by molar-refractivity contribution is 5.89. The van der Waals surface area contributed by atoms with E-state index in [4.69, 9.17) is 14.0 Å². The van der Waals surface area contributed by atoms with Gasteiger partial charge in [0.1, 0.15) is 5.75 Å². The number of rotatable bonds is 6. The maximum absolute atomic E-state index is 11.5. The summed E-state index contributed by atoms with van der Waals surface area (Å²) in [6.45, 7) is 2.33. The maximum atomic E-state index is 11.5. The molecule has 3 rings (SSSR count). The number of carbonyl (C=O) groups is 1. The van der Waals surface area contributed by atoms with Crippen molar-refractivity contribution in [3.8, 4) is 5.75 Å². The molecule has 1 aliphatic heterocycles. The van der Waals surface area contributed by atoms with Crippen LogP contribution in [0.5, 0.6) is 5.75 Å². The van der Waals surface area contributed by atoms with E-state index >= 15 is 0 Å². The number of halogens is 1. The van der Waals surface area contributed by atoms with Gasteiger partial charge in [-0.15, -0.1) is 12.4 Å². The smallest absolute Gasteiger partial charge is 0.337 e. The van der Waals surface area contributed by atoms with Gasteiger partial charge in [0, 0.05) is 6.42 Å². The molecule has 2 aromatic rings. The normalized spacial score (nSPS) is 17.0. The number of hydrogen-bond acceptors (Lipinski definition) is 7. The average Bonchev–Trinajstić information content (AvgIpc) is 2.93. The van der Waals surface area contributed by atoms with E-state index in [9.17, 15) is 4.79 Å². The minimum Gasteiger partial charge on any atom is -0.485 e. The zero-order chi connectivity index (χ0) is 17.5. The molecule has 8 heteroatoms. The summed E-state index contributed by atoms with van der Waals surface area (Å²) in [6.07, 6.45) is 4.31. The monoisotopic (exact) mass is 381 g/mol. The minimum absolute atomic E-state index is 0. The molecule has 0 radical (unpaired) electrons. The Morgan fingerprint density at radius 3 is 3.08 bits per heavy atom. The number of ether oxygens (including phenoxy) is 2. The molecule has 1 aromatic heterocycles. The predicted molar refractivity (Wildman–Crippen MR) is 97.6 cm³/mol. The van der Waals surface area contributed by atoms with Crippen LogP contribution in [0.1, 0.15) is 41.3 Å². The highest BCUT2D eigenvalue weighted by Crippen LogP contribution is 2.19. The minimum atomic E-state index is -0.398. The molecule has 142 valence electrons. The second-order valence-corrected chi connectivity index (χ2v) is 6.16. The molecule has 1 aliphatic rings. The van der Waals surface area contributed by atoms with Crippen LogP contribution in [0.4, 0.5) is 0 Å². The second-order valence-electron chi connectivity index (χ2n) is 6.16. The Balaban J connectivity index is 0.00000243. The molecular formula is C18H24ClN3O4. The summed E-state index contributed by atoms with van der Waals surface area (Å²) in [6, 6.07) is 6.81. The van der Waals surface area contributed by atoms with Gasteiger partial charge in [0.05, 0.1) is 12.7 Å². The highest BCUT2D eigenvalue weighted by Gasteiger charge is 2.17. The van der Waals surface area contributed by atoms with E-state index in [0.29, 0.717) is 28.9 Å². The molecule has 0 bridgehead atoms. The van der Waals surface area contributed by atoms with Crippen LogP contribution in [-0.2, 0) is 17.8 Å². The van der Waals surface area contributed by atoms with Gasteiger partial charge in [0.2, 0.25) is 11.7 Å². The van der Waals surface area contributed by atoms with Crippen LogP contribution in [0.2, 0.25) is 0 Å². The van der Waals surface area contributed by atoms with Crippen molar-refractivity contribution < 1.29 is 18.8 Å². The number of aromatic nitrogens is 2. The Labute approximate surface area is 158 Å². The Morgan fingerprint density at radius 1 is 1.35 bits per heavy atom. The highest BCUT2D eigenvalue weighted by atomic mass is 35.5. The van der Waals surface area contributed by atoms with Gasteiger partial charge in [-0.1, -0.05) is 11.2 Å². The van der Waals surface area contributed by atoms with Gasteiger partial charge in [0.15, 0.2) is 6.61 Å². The van der Waals surface area contributed by atoms with Crippen LogP contribution < -0.4 is 10.1 Å². The molecule has 0 spiro atoms. The van der Waals surface area contributed by atoms with Crippen LogP contribution >= 0.6 is 12.4 Å². The number of esters is 1. The van der Waals surface area contributed by atoms with E-state index in [0.717, 1.165) is 25.9 Å². The topological polar surface area (TPSA) is 86.5 Å². The largest absolute Gasteiger partial charge is 0.485 e. The lowest BCUT2D eigenvalue weighted by molar-refractivity contribution is 0.0600. The fourth-order valence-corrected chi connectivity index (χ4v) is 2.95. The number of carbonyl (C=O) groups excluding carboxylic acids is 1. The van der Waals surface area contributed by atoms with Crippen molar-refractivity contribution in [2.75, 3.05) is 20.2 Å². The van der Waals surface area contributed by atoms with Crippen molar-refractivity contribution in [1.29, 1.82) is 0 Å². The van der Waals surface area contributed by atoms with Gasteiger partial charge >= 0.3 is 5.97 Å². The molecule has 1 saturated heterocycles. The van der Waals surface area contributed by atoms with Gasteiger partial charge in [-0.2, -0.15) is 4.98 Å². The van der Waals surface area contributed by atoms with E-state index in [-0.39, 0.29) is 19.0 Å². The van der Waals surface area contributed by atoms with Crippen molar-refractivity contribution in [3.63, 3.8) is 0 Å². The van der Waals surface area contributed by atoms with Gasteiger partial charge in [-0.25, -0.2) is 4.79 Å². The third kappa shape index (κ3) is 5.71. The third-order valence-corrected chi connectivity index (χ3v) is 4.29. The molecule has 1 N–H and O–H groups in total. The first kappa shape index (κ1) is 20.2. The molecule has 0 saturated carbocycles. The number of nitrogens with one attached hydrogen (secondary N) is 1. The molecule has 1 unspecified atom stereocenters. The number of nitrogens with zero attached hydrogens (tertiary/aromatic N) is 2. The summed E-state index contributed by atoms with van der Waals surface area (Å²) in [7, 11) is 1.35. The van der Waals surface area contributed by atoms with Crippen LogP contribution in [0.3, 0.4) is 0 Å². The third-order valence-electron chi connectivity index (χ3n) is 4.29. The van der Waals surface area contributed by atoms with Gasteiger partial charge < -0.3 is 19.3 Å². The van der Waals surface area contributed by atoms with Crippen molar-refractivity contribution in [3.05, 3.63) is 41.5 Å². The lowest BCUT2D eigenvalue weighted by atomic mass is 9.97. The van der Waals surface area contributed by atoms with Gasteiger partial charge in [-0.3, -0.25) is 0 Å². The molecule has 0 aliphatic carbocycles. The molecule has 0 amide bonds. The summed E-state index contributed by atoms with van der Waals surface area (Å²) in [5.74, 6) is 1.91. The Hall–Kier alpha value is -2.12. The SMILES string of the molecule is COC(=O)c1cccc(OCc2noc(CC3CCCNCC3)n2)c1.Cl. The summed E-state index contributed by atoms with van der Waals surface area (Å²) in [5.41, 5.74) is 0.441. The first-order valence-corrected chi connectivity index (χ1v) is 8.58. The molecule has 1 atom stereocenters. The number of benzene rings is 1. The van der Waals surface area contributed by atoms with Crippen molar-refractivity contribution >= 4 is 18.4 Å². The Kier molecular flexibility index (Phi) is 7.87. The first-order chi connectivity index (χ1) is 12.2. The molecular weight excluding hydrogens is 358 g/mol. The quantitative estimate of drug-likeness (QED) is 0.770. The van der Waals surface area contributed by atoms with Crippen LogP contribution in [0, 0.1) is 5.92 Å². The zero-order valence-electron chi connectivity index (χ0n) is 14.8. The van der Waals surface area contributed by atoms with Crippen molar-refractivity contribution in [1.82, 2.24) is 15.5 Å². The summed E-state index contributed by atoms with van der Waals surface area (Å²) >= 11 is 0. The van der Waals surface area contributed by atoms with Gasteiger partial charge in [0.25, 0.3) is 0 Å². The predicted octanol–water partition coefficient (Wildman–Crippen LogP) is 2.79. The van der Waals surface area contributed by atoms with Crippen LogP contribution in [-0.4, -0.2) is 36.3 Å². The van der Waals surface area contributed by atoms with E-state index in [1.165, 1.54) is 20.0 Å². The van der Waals surface area contributed by atoms with Gasteiger partial charge in [-0.05, 0) is 56.5 Å². The van der Waals surface area contributed by atoms with E-state index in [2.05, 4.69) is 15.5 Å². The fraction of sp³-hybridized carbons (Fsp3) is 0.500. The lowest BCUT2D eigenvalue weighted by Crippen LogP contribution is -2.14. The summed E-state index contributed by atoms with van der Waals surface area (Å²) in [5, 5.41) is 7.38. The Bertz CT molecular complexity index is 699. The van der Waals surface area contributed by atoms with E-state index in [1.54, 1.807) is 24.3 Å². The number of methoxy groups -OCH3 is 1. The van der Waals surface area contributed by atoms with Crippen LogP contribution in [0.25, 0.3) is 0 Å².